The number of hydrogen-bond donors (Lipinski definition) is 1. The summed E-state index contributed by atoms with van der Waals surface area (Å²) in [5, 5.41) is 3.13. The molecule has 0 saturated carbocycles. The molecule has 0 saturated heterocycles. The van der Waals surface area contributed by atoms with E-state index in [9.17, 15) is 4.79 Å². The van der Waals surface area contributed by atoms with E-state index >= 15 is 0 Å². The standard InChI is InChI=1S/C10H14BrClN4O/c1-6(2)15-7(17)4-16(3)10-8(11)9(12)13-5-14-10/h5-6H,4H2,1-3H3,(H,15,17). The summed E-state index contributed by atoms with van der Waals surface area (Å²) in [5.41, 5.74) is 0. The number of amides is 1. The molecule has 17 heavy (non-hydrogen) atoms. The third-order valence-corrected chi connectivity index (χ3v) is 3.17. The van der Waals surface area contributed by atoms with Crippen molar-refractivity contribution in [2.45, 2.75) is 19.9 Å². The van der Waals surface area contributed by atoms with Crippen molar-refractivity contribution in [3.63, 3.8) is 0 Å². The zero-order valence-electron chi connectivity index (χ0n) is 9.87. The molecule has 94 valence electrons. The van der Waals surface area contributed by atoms with Gasteiger partial charge in [-0.25, -0.2) is 9.97 Å². The predicted octanol–water partition coefficient (Wildman–Crippen LogP) is 1.85. The van der Waals surface area contributed by atoms with Crippen LogP contribution in [0.2, 0.25) is 5.15 Å². The van der Waals surface area contributed by atoms with Crippen molar-refractivity contribution in [3.05, 3.63) is 16.0 Å². The molecule has 0 atom stereocenters. The maximum absolute atomic E-state index is 11.6. The van der Waals surface area contributed by atoms with Crippen LogP contribution in [-0.2, 0) is 4.79 Å². The summed E-state index contributed by atoms with van der Waals surface area (Å²) in [6.07, 6.45) is 1.36. The van der Waals surface area contributed by atoms with Gasteiger partial charge < -0.3 is 10.2 Å². The van der Waals surface area contributed by atoms with Crippen LogP contribution < -0.4 is 10.2 Å². The minimum Gasteiger partial charge on any atom is -0.352 e. The summed E-state index contributed by atoms with van der Waals surface area (Å²) in [6.45, 7) is 4.04. The van der Waals surface area contributed by atoms with E-state index < -0.39 is 0 Å². The Hall–Kier alpha value is -0.880. The van der Waals surface area contributed by atoms with Gasteiger partial charge >= 0.3 is 0 Å². The first-order chi connectivity index (χ1) is 7.91. The van der Waals surface area contributed by atoms with E-state index in [1.165, 1.54) is 6.33 Å². The first-order valence-electron chi connectivity index (χ1n) is 5.08. The molecule has 0 unspecified atom stereocenters. The average Bonchev–Trinajstić information content (AvgIpc) is 2.20. The molecule has 7 heteroatoms. The van der Waals surface area contributed by atoms with Gasteiger partial charge in [-0.2, -0.15) is 0 Å². The van der Waals surface area contributed by atoms with Gasteiger partial charge in [0.25, 0.3) is 0 Å². The number of likely N-dealkylation sites (N-methyl/N-ethyl adjacent to an activating group) is 1. The highest BCUT2D eigenvalue weighted by atomic mass is 79.9. The van der Waals surface area contributed by atoms with Crippen molar-refractivity contribution < 1.29 is 4.79 Å². The van der Waals surface area contributed by atoms with Crippen LogP contribution in [0.1, 0.15) is 13.8 Å². The third-order valence-electron chi connectivity index (χ3n) is 1.92. The molecule has 0 spiro atoms. The van der Waals surface area contributed by atoms with Gasteiger partial charge in [-0.3, -0.25) is 4.79 Å². The van der Waals surface area contributed by atoms with Crippen molar-refractivity contribution in [3.8, 4) is 0 Å². The van der Waals surface area contributed by atoms with E-state index in [0.29, 0.717) is 15.4 Å². The Bertz CT molecular complexity index is 413. The summed E-state index contributed by atoms with van der Waals surface area (Å²) in [6, 6.07) is 0.119. The van der Waals surface area contributed by atoms with E-state index in [0.717, 1.165) is 0 Å². The van der Waals surface area contributed by atoms with Gasteiger partial charge in [0.05, 0.1) is 11.0 Å². The summed E-state index contributed by atoms with van der Waals surface area (Å²) >= 11 is 9.14. The number of carbonyl (C=O) groups is 1. The minimum atomic E-state index is -0.0656. The molecule has 5 nitrogen and oxygen atoms in total. The molecule has 1 amide bonds. The number of hydrogen-bond acceptors (Lipinski definition) is 4. The lowest BCUT2D eigenvalue weighted by Gasteiger charge is -2.19. The normalized spacial score (nSPS) is 10.5. The van der Waals surface area contributed by atoms with Crippen molar-refractivity contribution in [2.75, 3.05) is 18.5 Å². The SMILES string of the molecule is CC(C)NC(=O)CN(C)c1ncnc(Cl)c1Br. The monoisotopic (exact) mass is 320 g/mol. The van der Waals surface area contributed by atoms with Crippen molar-refractivity contribution in [1.82, 2.24) is 15.3 Å². The molecular weight excluding hydrogens is 307 g/mol. The second kappa shape index (κ2) is 6.16. The third kappa shape index (κ3) is 4.12. The maximum atomic E-state index is 11.6. The maximum Gasteiger partial charge on any atom is 0.239 e. The minimum absolute atomic E-state index is 0.0656. The highest BCUT2D eigenvalue weighted by Gasteiger charge is 2.14. The summed E-state index contributed by atoms with van der Waals surface area (Å²) in [4.78, 5) is 21.2. The Morgan fingerprint density at radius 3 is 2.82 bits per heavy atom. The number of anilines is 1. The molecule has 1 aromatic heterocycles. The molecule has 0 aliphatic heterocycles. The Morgan fingerprint density at radius 1 is 1.59 bits per heavy atom. The Morgan fingerprint density at radius 2 is 2.24 bits per heavy atom. The van der Waals surface area contributed by atoms with Crippen LogP contribution in [0.5, 0.6) is 0 Å². The number of nitrogens with one attached hydrogen (secondary N) is 1. The van der Waals surface area contributed by atoms with Gasteiger partial charge in [0.2, 0.25) is 5.91 Å². The van der Waals surface area contributed by atoms with Crippen molar-refractivity contribution in [2.24, 2.45) is 0 Å². The van der Waals surface area contributed by atoms with E-state index in [2.05, 4.69) is 31.2 Å². The highest BCUT2D eigenvalue weighted by molar-refractivity contribution is 9.10. The van der Waals surface area contributed by atoms with Gasteiger partial charge in [0.15, 0.2) is 0 Å². The van der Waals surface area contributed by atoms with Gasteiger partial charge in [-0.15, -0.1) is 0 Å². The zero-order valence-corrected chi connectivity index (χ0v) is 12.2. The lowest BCUT2D eigenvalue weighted by atomic mass is 10.4. The van der Waals surface area contributed by atoms with Crippen LogP contribution in [0.3, 0.4) is 0 Å². The topological polar surface area (TPSA) is 58.1 Å². The highest BCUT2D eigenvalue weighted by Crippen LogP contribution is 2.27. The van der Waals surface area contributed by atoms with Crippen LogP contribution in [0.4, 0.5) is 5.82 Å². The predicted molar refractivity (Wildman–Crippen MR) is 71.3 cm³/mol. The lowest BCUT2D eigenvalue weighted by molar-refractivity contribution is -0.120. The Kier molecular flexibility index (Phi) is 5.14. The first kappa shape index (κ1) is 14.2. The smallest absolute Gasteiger partial charge is 0.239 e. The lowest BCUT2D eigenvalue weighted by Crippen LogP contribution is -2.39. The van der Waals surface area contributed by atoms with Gasteiger partial charge in [0, 0.05) is 13.1 Å². The van der Waals surface area contributed by atoms with E-state index in [-0.39, 0.29) is 18.5 Å². The van der Waals surface area contributed by atoms with E-state index in [1.807, 2.05) is 13.8 Å². The fourth-order valence-corrected chi connectivity index (χ4v) is 1.90. The van der Waals surface area contributed by atoms with Gasteiger partial charge in [-0.05, 0) is 29.8 Å². The van der Waals surface area contributed by atoms with Crippen LogP contribution in [-0.4, -0.2) is 35.5 Å². The molecule has 0 bridgehead atoms. The van der Waals surface area contributed by atoms with Crippen LogP contribution in [0.25, 0.3) is 0 Å². The molecule has 0 aromatic carbocycles. The quantitative estimate of drug-likeness (QED) is 0.860. The van der Waals surface area contributed by atoms with Crippen molar-refractivity contribution >= 4 is 39.3 Å². The molecule has 1 rings (SSSR count). The van der Waals surface area contributed by atoms with Crippen molar-refractivity contribution in [1.29, 1.82) is 0 Å². The number of carbonyl (C=O) groups excluding carboxylic acids is 1. The summed E-state index contributed by atoms with van der Waals surface area (Å²) < 4.78 is 0.585. The fraction of sp³-hybridized carbons (Fsp3) is 0.500. The Balaban J connectivity index is 2.73. The Labute approximate surface area is 114 Å². The second-order valence-corrected chi connectivity index (χ2v) is 5.03. The number of aromatic nitrogens is 2. The number of halogens is 2. The number of rotatable bonds is 4. The molecule has 1 heterocycles. The molecular formula is C10H14BrClN4O. The number of nitrogens with zero attached hydrogens (tertiary/aromatic N) is 3. The van der Waals surface area contributed by atoms with Gasteiger partial charge in [0.1, 0.15) is 17.3 Å². The van der Waals surface area contributed by atoms with Crippen LogP contribution in [0.15, 0.2) is 10.8 Å². The molecule has 0 radical (unpaired) electrons. The molecule has 0 aliphatic rings. The zero-order chi connectivity index (χ0) is 13.0. The average molecular weight is 322 g/mol. The first-order valence-corrected chi connectivity index (χ1v) is 6.25. The summed E-state index contributed by atoms with van der Waals surface area (Å²) in [7, 11) is 1.77. The van der Waals surface area contributed by atoms with E-state index in [4.69, 9.17) is 11.6 Å². The second-order valence-electron chi connectivity index (χ2n) is 3.88. The molecule has 0 fully saturated rings. The van der Waals surface area contributed by atoms with E-state index in [1.54, 1.807) is 11.9 Å². The van der Waals surface area contributed by atoms with Crippen LogP contribution >= 0.6 is 27.5 Å². The molecule has 1 N–H and O–H groups in total. The summed E-state index contributed by atoms with van der Waals surface area (Å²) in [5.74, 6) is 0.521. The largest absolute Gasteiger partial charge is 0.352 e. The molecule has 0 aliphatic carbocycles. The van der Waals surface area contributed by atoms with Gasteiger partial charge in [-0.1, -0.05) is 11.6 Å². The molecule has 1 aromatic rings. The fourth-order valence-electron chi connectivity index (χ4n) is 1.26. The van der Waals surface area contributed by atoms with Crippen LogP contribution in [0, 0.1) is 0 Å².